The maximum Gasteiger partial charge on any atom is 0.208 e. The van der Waals surface area contributed by atoms with Crippen molar-refractivity contribution in [1.29, 1.82) is 0 Å². The zero-order valence-electron chi connectivity index (χ0n) is 18.1. The lowest BCUT2D eigenvalue weighted by atomic mass is 10.1. The molecule has 0 aliphatic heterocycles. The van der Waals surface area contributed by atoms with E-state index in [1.807, 2.05) is 25.1 Å². The number of ether oxygens (including phenoxy) is 2. The first-order chi connectivity index (χ1) is 13.9. The largest absolute Gasteiger partial charge is 0.493 e. The van der Waals surface area contributed by atoms with Gasteiger partial charge in [-0.05, 0) is 45.1 Å². The van der Waals surface area contributed by atoms with Crippen molar-refractivity contribution < 1.29 is 17.9 Å². The van der Waals surface area contributed by atoms with E-state index in [2.05, 4.69) is 20.3 Å². The van der Waals surface area contributed by atoms with Crippen LogP contribution < -0.4 is 24.8 Å². The van der Waals surface area contributed by atoms with Crippen LogP contribution in [-0.2, 0) is 16.6 Å². The molecule has 0 radical (unpaired) electrons. The minimum absolute atomic E-state index is 0. The predicted octanol–water partition coefficient (Wildman–Crippen LogP) is 2.63. The number of sulfonamides is 1. The van der Waals surface area contributed by atoms with Crippen LogP contribution >= 0.6 is 24.0 Å². The molecule has 0 bridgehead atoms. The lowest BCUT2D eigenvalue weighted by Crippen LogP contribution is -2.38. The Balaban J connectivity index is 0.00000450. The first-order valence-corrected chi connectivity index (χ1v) is 12.1. The summed E-state index contributed by atoms with van der Waals surface area (Å²) in [5.41, 5.74) is 0.979. The lowest BCUT2D eigenvalue weighted by Gasteiger charge is -2.19. The molecule has 0 heterocycles. The highest BCUT2D eigenvalue weighted by atomic mass is 127. The summed E-state index contributed by atoms with van der Waals surface area (Å²) >= 11 is 0. The van der Waals surface area contributed by atoms with Gasteiger partial charge in [-0.25, -0.2) is 18.1 Å². The molecule has 1 fully saturated rings. The zero-order valence-corrected chi connectivity index (χ0v) is 21.2. The van der Waals surface area contributed by atoms with Gasteiger partial charge in [-0.15, -0.1) is 24.0 Å². The molecule has 1 aliphatic rings. The van der Waals surface area contributed by atoms with Crippen molar-refractivity contribution >= 4 is 40.0 Å². The summed E-state index contributed by atoms with van der Waals surface area (Å²) in [6.45, 7) is 4.19. The summed E-state index contributed by atoms with van der Waals surface area (Å²) in [7, 11) is -1.50. The Morgan fingerprint density at radius 2 is 1.93 bits per heavy atom. The van der Waals surface area contributed by atoms with Crippen molar-refractivity contribution in [1.82, 2.24) is 15.4 Å². The molecule has 0 spiro atoms. The van der Waals surface area contributed by atoms with Gasteiger partial charge in [0.25, 0.3) is 0 Å². The molecule has 1 saturated carbocycles. The van der Waals surface area contributed by atoms with Crippen LogP contribution in [0.25, 0.3) is 0 Å². The van der Waals surface area contributed by atoms with Crippen LogP contribution in [0.1, 0.15) is 44.6 Å². The van der Waals surface area contributed by atoms with Crippen molar-refractivity contribution in [2.45, 2.75) is 51.7 Å². The second-order valence-corrected chi connectivity index (χ2v) is 8.95. The smallest absolute Gasteiger partial charge is 0.208 e. The molecule has 30 heavy (non-hydrogen) atoms. The summed E-state index contributed by atoms with van der Waals surface area (Å²) in [5.74, 6) is 2.19. The Morgan fingerprint density at radius 1 is 1.20 bits per heavy atom. The number of methoxy groups -OCH3 is 1. The number of rotatable bonds is 11. The molecule has 0 saturated heterocycles. The normalized spacial score (nSPS) is 14.8. The van der Waals surface area contributed by atoms with E-state index < -0.39 is 10.0 Å². The monoisotopic (exact) mass is 554 g/mol. The van der Waals surface area contributed by atoms with E-state index in [1.54, 1.807) is 7.11 Å². The SMILES string of the molecule is CCNC(=NCc1cccc(OC)c1OC1CCCC1)NCCCNS(C)(=O)=O.I. The van der Waals surface area contributed by atoms with E-state index >= 15 is 0 Å². The van der Waals surface area contributed by atoms with Crippen LogP contribution in [0.4, 0.5) is 0 Å². The molecule has 8 nitrogen and oxygen atoms in total. The van der Waals surface area contributed by atoms with Gasteiger partial charge in [-0.3, -0.25) is 0 Å². The number of benzene rings is 1. The van der Waals surface area contributed by atoms with Gasteiger partial charge in [0, 0.05) is 25.2 Å². The number of aliphatic imine (C=N–C) groups is 1. The predicted molar refractivity (Wildman–Crippen MR) is 132 cm³/mol. The lowest BCUT2D eigenvalue weighted by molar-refractivity contribution is 0.198. The Bertz CT molecular complexity index is 768. The fourth-order valence-electron chi connectivity index (χ4n) is 3.21. The van der Waals surface area contributed by atoms with Crippen molar-refractivity contribution in [2.75, 3.05) is 33.0 Å². The van der Waals surface area contributed by atoms with Gasteiger partial charge >= 0.3 is 0 Å². The van der Waals surface area contributed by atoms with E-state index in [-0.39, 0.29) is 30.1 Å². The van der Waals surface area contributed by atoms with Crippen LogP contribution in [0, 0.1) is 0 Å². The second-order valence-electron chi connectivity index (χ2n) is 7.11. The molecule has 1 aliphatic carbocycles. The molecular weight excluding hydrogens is 519 g/mol. The highest BCUT2D eigenvalue weighted by Crippen LogP contribution is 2.35. The van der Waals surface area contributed by atoms with Gasteiger partial charge < -0.3 is 20.1 Å². The summed E-state index contributed by atoms with van der Waals surface area (Å²) in [6.07, 6.45) is 6.62. The number of halogens is 1. The van der Waals surface area contributed by atoms with E-state index in [0.717, 1.165) is 42.7 Å². The van der Waals surface area contributed by atoms with Crippen LogP contribution in [0.15, 0.2) is 23.2 Å². The Kier molecular flexibility index (Phi) is 12.4. The second kappa shape index (κ2) is 13.9. The van der Waals surface area contributed by atoms with Crippen molar-refractivity contribution in [3.05, 3.63) is 23.8 Å². The number of hydrogen-bond acceptors (Lipinski definition) is 5. The van der Waals surface area contributed by atoms with Crippen LogP contribution in [0.3, 0.4) is 0 Å². The Labute approximate surface area is 197 Å². The van der Waals surface area contributed by atoms with Gasteiger partial charge in [-0.1, -0.05) is 12.1 Å². The number of nitrogens with zero attached hydrogens (tertiary/aromatic N) is 1. The molecule has 3 N–H and O–H groups in total. The highest BCUT2D eigenvalue weighted by molar-refractivity contribution is 14.0. The average molecular weight is 554 g/mol. The number of para-hydroxylation sites is 1. The molecule has 10 heteroatoms. The summed E-state index contributed by atoms with van der Waals surface area (Å²) in [5, 5.41) is 6.44. The Morgan fingerprint density at radius 3 is 2.57 bits per heavy atom. The maximum atomic E-state index is 11.1. The quantitative estimate of drug-likeness (QED) is 0.168. The molecule has 2 rings (SSSR count). The summed E-state index contributed by atoms with van der Waals surface area (Å²) in [4.78, 5) is 4.66. The topological polar surface area (TPSA) is 101 Å². The minimum Gasteiger partial charge on any atom is -0.493 e. The van der Waals surface area contributed by atoms with Gasteiger partial charge in [0.05, 0.1) is 26.0 Å². The molecule has 1 aromatic rings. The molecule has 0 aromatic heterocycles. The van der Waals surface area contributed by atoms with Crippen molar-refractivity contribution in [2.24, 2.45) is 4.99 Å². The Hall–Kier alpha value is -1.27. The fraction of sp³-hybridized carbons (Fsp3) is 0.650. The molecule has 0 amide bonds. The maximum absolute atomic E-state index is 11.1. The number of nitrogens with one attached hydrogen (secondary N) is 3. The first-order valence-electron chi connectivity index (χ1n) is 10.2. The highest BCUT2D eigenvalue weighted by Gasteiger charge is 2.20. The molecule has 172 valence electrons. The molecule has 1 aromatic carbocycles. The molecular formula is C20H35IN4O4S. The van der Waals surface area contributed by atoms with Gasteiger partial charge in [0.15, 0.2) is 17.5 Å². The molecule has 0 unspecified atom stereocenters. The van der Waals surface area contributed by atoms with Crippen LogP contribution in [-0.4, -0.2) is 53.5 Å². The average Bonchev–Trinajstić information content (AvgIpc) is 3.18. The van der Waals surface area contributed by atoms with Crippen LogP contribution in [0.2, 0.25) is 0 Å². The first kappa shape index (κ1) is 26.8. The molecule has 0 atom stereocenters. The third-order valence-corrected chi connectivity index (χ3v) is 5.36. The van der Waals surface area contributed by atoms with Crippen molar-refractivity contribution in [3.8, 4) is 11.5 Å². The number of hydrogen-bond donors (Lipinski definition) is 3. The van der Waals surface area contributed by atoms with Crippen molar-refractivity contribution in [3.63, 3.8) is 0 Å². The summed E-state index contributed by atoms with van der Waals surface area (Å²) in [6, 6.07) is 5.87. The van der Waals surface area contributed by atoms with Gasteiger partial charge in [-0.2, -0.15) is 0 Å². The van der Waals surface area contributed by atoms with E-state index in [0.29, 0.717) is 32.0 Å². The minimum atomic E-state index is -3.15. The van der Waals surface area contributed by atoms with Crippen LogP contribution in [0.5, 0.6) is 11.5 Å². The zero-order chi connectivity index (χ0) is 21.1. The third kappa shape index (κ3) is 9.69. The summed E-state index contributed by atoms with van der Waals surface area (Å²) < 4.78 is 36.5. The van der Waals surface area contributed by atoms with E-state index in [4.69, 9.17) is 9.47 Å². The van der Waals surface area contributed by atoms with Gasteiger partial charge in [0.2, 0.25) is 10.0 Å². The standard InChI is InChI=1S/C20H34N4O4S.HI/c1-4-21-20(22-13-8-14-24-29(3,25)26)23-15-16-9-7-12-18(27-2)19(16)28-17-10-5-6-11-17;/h7,9,12,17,24H,4-6,8,10-11,13-15H2,1-3H3,(H2,21,22,23);1H. The van der Waals surface area contributed by atoms with Gasteiger partial charge in [0.1, 0.15) is 0 Å². The fourth-order valence-corrected chi connectivity index (χ4v) is 3.73. The van der Waals surface area contributed by atoms with E-state index in [1.165, 1.54) is 12.8 Å². The third-order valence-electron chi connectivity index (χ3n) is 4.63. The number of guanidine groups is 1. The van der Waals surface area contributed by atoms with E-state index in [9.17, 15) is 8.42 Å².